The summed E-state index contributed by atoms with van der Waals surface area (Å²) in [5.41, 5.74) is 4.55. The van der Waals surface area contributed by atoms with Gasteiger partial charge in [-0.3, -0.25) is 9.59 Å². The van der Waals surface area contributed by atoms with Gasteiger partial charge in [-0.05, 0) is 41.5 Å². The normalized spacial score (nSPS) is 10.9. The van der Waals surface area contributed by atoms with Crippen molar-refractivity contribution in [2.75, 3.05) is 12.4 Å². The molecule has 148 valence electrons. The molecule has 0 radical (unpaired) electrons. The molecule has 0 bridgehead atoms. The Bertz CT molecular complexity index is 1100. The number of halogens is 1. The summed E-state index contributed by atoms with van der Waals surface area (Å²) in [6.45, 7) is 1.87. The van der Waals surface area contributed by atoms with E-state index in [1.54, 1.807) is 25.3 Å². The molecule has 0 heterocycles. The number of hydrazone groups is 1. The van der Waals surface area contributed by atoms with Crippen LogP contribution in [0.15, 0.2) is 59.7 Å². The summed E-state index contributed by atoms with van der Waals surface area (Å²) >= 11 is 6.04. The molecular weight excluding hydrogens is 390 g/mol. The van der Waals surface area contributed by atoms with Crippen LogP contribution in [0.1, 0.15) is 17.5 Å². The molecule has 0 aromatic heterocycles. The summed E-state index contributed by atoms with van der Waals surface area (Å²) in [5, 5.41) is 9.13. The Balaban J connectivity index is 1.63. The number of hydrogen-bond donors (Lipinski definition) is 2. The van der Waals surface area contributed by atoms with Gasteiger partial charge in [0.05, 0.1) is 13.3 Å². The predicted molar refractivity (Wildman–Crippen MR) is 116 cm³/mol. The number of fused-ring (bicyclic) bond motifs is 1. The third kappa shape index (κ3) is 5.12. The molecule has 3 aromatic rings. The zero-order valence-corrected chi connectivity index (χ0v) is 16.8. The lowest BCUT2D eigenvalue weighted by molar-refractivity contribution is -0.126. The number of methoxy groups -OCH3 is 1. The van der Waals surface area contributed by atoms with Gasteiger partial charge in [-0.25, -0.2) is 5.43 Å². The van der Waals surface area contributed by atoms with E-state index in [0.29, 0.717) is 16.5 Å². The molecule has 0 aliphatic carbocycles. The minimum Gasteiger partial charge on any atom is -0.496 e. The third-order valence-electron chi connectivity index (χ3n) is 4.31. The van der Waals surface area contributed by atoms with Crippen LogP contribution in [0.2, 0.25) is 5.02 Å². The monoisotopic (exact) mass is 409 g/mol. The van der Waals surface area contributed by atoms with E-state index in [1.807, 2.05) is 43.3 Å². The predicted octanol–water partition coefficient (Wildman–Crippen LogP) is 4.29. The third-order valence-corrected chi connectivity index (χ3v) is 4.72. The number of ether oxygens (including phenoxy) is 1. The Morgan fingerprint density at radius 3 is 2.66 bits per heavy atom. The Labute approximate surface area is 173 Å². The lowest BCUT2D eigenvalue weighted by atomic mass is 10.0. The SMILES string of the molecule is COc1ccc2ccccc2c1C=NNC(=O)CC(=O)Nc1ccc(C)c(Cl)c1. The van der Waals surface area contributed by atoms with Crippen LogP contribution in [0.25, 0.3) is 10.8 Å². The fraction of sp³-hybridized carbons (Fsp3) is 0.136. The van der Waals surface area contributed by atoms with Crippen LogP contribution in [-0.2, 0) is 9.59 Å². The number of anilines is 1. The number of benzene rings is 3. The second-order valence-corrected chi connectivity index (χ2v) is 6.79. The van der Waals surface area contributed by atoms with Gasteiger partial charge in [0.2, 0.25) is 11.8 Å². The molecule has 0 fully saturated rings. The number of nitrogens with zero attached hydrogens (tertiary/aromatic N) is 1. The Morgan fingerprint density at radius 2 is 1.90 bits per heavy atom. The maximum absolute atomic E-state index is 12.0. The lowest BCUT2D eigenvalue weighted by Crippen LogP contribution is -2.24. The van der Waals surface area contributed by atoms with Gasteiger partial charge in [0.25, 0.3) is 0 Å². The van der Waals surface area contributed by atoms with Crippen LogP contribution < -0.4 is 15.5 Å². The van der Waals surface area contributed by atoms with Crippen molar-refractivity contribution in [3.05, 3.63) is 70.7 Å². The first-order chi connectivity index (χ1) is 14.0. The van der Waals surface area contributed by atoms with Crippen LogP contribution in [0.4, 0.5) is 5.69 Å². The number of carbonyl (C=O) groups excluding carboxylic acids is 2. The van der Waals surface area contributed by atoms with Gasteiger partial charge in [-0.15, -0.1) is 0 Å². The Morgan fingerprint density at radius 1 is 1.10 bits per heavy atom. The smallest absolute Gasteiger partial charge is 0.249 e. The second-order valence-electron chi connectivity index (χ2n) is 6.38. The zero-order valence-electron chi connectivity index (χ0n) is 16.0. The van der Waals surface area contributed by atoms with E-state index in [9.17, 15) is 9.59 Å². The van der Waals surface area contributed by atoms with Crippen molar-refractivity contribution >= 4 is 46.1 Å². The highest BCUT2D eigenvalue weighted by molar-refractivity contribution is 6.31. The summed E-state index contributed by atoms with van der Waals surface area (Å²) in [5.74, 6) is -0.354. The lowest BCUT2D eigenvalue weighted by Gasteiger charge is -2.08. The summed E-state index contributed by atoms with van der Waals surface area (Å²) in [6.07, 6.45) is 1.15. The molecule has 2 amide bonds. The molecule has 7 heteroatoms. The second kappa shape index (κ2) is 9.21. The highest BCUT2D eigenvalue weighted by atomic mass is 35.5. The van der Waals surface area contributed by atoms with E-state index in [2.05, 4.69) is 15.8 Å². The number of aryl methyl sites for hydroxylation is 1. The summed E-state index contributed by atoms with van der Waals surface area (Å²) in [7, 11) is 1.57. The van der Waals surface area contributed by atoms with Crippen molar-refractivity contribution in [2.45, 2.75) is 13.3 Å². The van der Waals surface area contributed by atoms with Crippen LogP contribution in [0.5, 0.6) is 5.75 Å². The van der Waals surface area contributed by atoms with Crippen molar-refractivity contribution in [3.63, 3.8) is 0 Å². The number of carbonyl (C=O) groups is 2. The van der Waals surface area contributed by atoms with E-state index in [4.69, 9.17) is 16.3 Å². The van der Waals surface area contributed by atoms with Crippen molar-refractivity contribution in [3.8, 4) is 5.75 Å². The van der Waals surface area contributed by atoms with Crippen molar-refractivity contribution in [2.24, 2.45) is 5.10 Å². The average Bonchev–Trinajstić information content (AvgIpc) is 2.70. The van der Waals surface area contributed by atoms with Gasteiger partial charge in [-0.1, -0.05) is 48.0 Å². The van der Waals surface area contributed by atoms with Gasteiger partial charge < -0.3 is 10.1 Å². The van der Waals surface area contributed by atoms with Crippen molar-refractivity contribution in [1.29, 1.82) is 0 Å². The number of amides is 2. The first kappa shape index (κ1) is 20.4. The Hall–Kier alpha value is -3.38. The first-order valence-electron chi connectivity index (χ1n) is 8.91. The maximum Gasteiger partial charge on any atom is 0.249 e. The van der Waals surface area contributed by atoms with E-state index < -0.39 is 11.8 Å². The quantitative estimate of drug-likeness (QED) is 0.362. The number of nitrogens with one attached hydrogen (secondary N) is 2. The van der Waals surface area contributed by atoms with Gasteiger partial charge >= 0.3 is 0 Å². The molecule has 0 atom stereocenters. The zero-order chi connectivity index (χ0) is 20.8. The minimum atomic E-state index is -0.531. The van der Waals surface area contributed by atoms with E-state index in [1.165, 1.54) is 6.21 Å². The maximum atomic E-state index is 12.0. The van der Waals surface area contributed by atoms with Gasteiger partial charge in [0, 0.05) is 16.3 Å². The fourth-order valence-corrected chi connectivity index (χ4v) is 3.00. The molecule has 6 nitrogen and oxygen atoms in total. The summed E-state index contributed by atoms with van der Waals surface area (Å²) in [4.78, 5) is 24.1. The van der Waals surface area contributed by atoms with Crippen molar-refractivity contribution < 1.29 is 14.3 Å². The minimum absolute atomic E-state index is 0.366. The molecule has 0 aliphatic heterocycles. The van der Waals surface area contributed by atoms with Crippen LogP contribution in [0, 0.1) is 6.92 Å². The van der Waals surface area contributed by atoms with Gasteiger partial charge in [-0.2, -0.15) is 5.10 Å². The van der Waals surface area contributed by atoms with Crippen LogP contribution in [-0.4, -0.2) is 25.1 Å². The highest BCUT2D eigenvalue weighted by Gasteiger charge is 2.10. The molecule has 0 aliphatic rings. The molecule has 0 spiro atoms. The molecule has 0 saturated carbocycles. The number of hydrogen-bond acceptors (Lipinski definition) is 4. The standard InChI is InChI=1S/C22H20ClN3O3/c1-14-7-9-16(11-19(14)23)25-21(27)12-22(28)26-24-13-18-17-6-4-3-5-15(17)8-10-20(18)29-2/h3-11,13H,12H2,1-2H3,(H,25,27)(H,26,28). The van der Waals surface area contributed by atoms with Crippen LogP contribution >= 0.6 is 11.6 Å². The molecule has 2 N–H and O–H groups in total. The number of rotatable bonds is 6. The molecule has 3 aromatic carbocycles. The first-order valence-corrected chi connectivity index (χ1v) is 9.29. The molecule has 0 unspecified atom stereocenters. The van der Waals surface area contributed by atoms with E-state index >= 15 is 0 Å². The van der Waals surface area contributed by atoms with Gasteiger partial charge in [0.1, 0.15) is 12.2 Å². The molecule has 29 heavy (non-hydrogen) atoms. The summed E-state index contributed by atoms with van der Waals surface area (Å²) in [6, 6.07) is 16.7. The Kier molecular flexibility index (Phi) is 6.46. The summed E-state index contributed by atoms with van der Waals surface area (Å²) < 4.78 is 5.38. The average molecular weight is 410 g/mol. The fourth-order valence-electron chi connectivity index (χ4n) is 2.82. The topological polar surface area (TPSA) is 79.8 Å². The largest absolute Gasteiger partial charge is 0.496 e. The van der Waals surface area contributed by atoms with E-state index in [-0.39, 0.29) is 6.42 Å². The highest BCUT2D eigenvalue weighted by Crippen LogP contribution is 2.26. The molecule has 3 rings (SSSR count). The van der Waals surface area contributed by atoms with Crippen LogP contribution in [0.3, 0.4) is 0 Å². The van der Waals surface area contributed by atoms with Crippen molar-refractivity contribution in [1.82, 2.24) is 5.43 Å². The molecule has 0 saturated heterocycles. The van der Waals surface area contributed by atoms with Gasteiger partial charge in [0.15, 0.2) is 0 Å². The molecular formula is C22H20ClN3O3. The van der Waals surface area contributed by atoms with E-state index in [0.717, 1.165) is 21.9 Å².